The Bertz CT molecular complexity index is 478. The van der Waals surface area contributed by atoms with Crippen LogP contribution in [-0.4, -0.2) is 24.3 Å². The summed E-state index contributed by atoms with van der Waals surface area (Å²) < 4.78 is 13.6. The third kappa shape index (κ3) is 1.23. The summed E-state index contributed by atoms with van der Waals surface area (Å²) in [6.07, 6.45) is 1.62. The van der Waals surface area contributed by atoms with Gasteiger partial charge in [-0.1, -0.05) is 11.6 Å². The topological polar surface area (TPSA) is 31.9 Å². The highest BCUT2D eigenvalue weighted by Gasteiger charge is 2.14. The third-order valence-electron chi connectivity index (χ3n) is 2.05. The van der Waals surface area contributed by atoms with Crippen LogP contribution in [0.4, 0.5) is 10.1 Å². The SMILES string of the molecule is CN(C)c1c(F)c(Cl)cc2cn[nH]c12. The molecule has 1 aromatic heterocycles. The molecule has 1 aromatic carbocycles. The van der Waals surface area contributed by atoms with E-state index in [-0.39, 0.29) is 5.02 Å². The number of fused-ring (bicyclic) bond motifs is 1. The van der Waals surface area contributed by atoms with Crippen LogP contribution in [0.1, 0.15) is 0 Å². The molecule has 0 spiro atoms. The summed E-state index contributed by atoms with van der Waals surface area (Å²) >= 11 is 5.75. The zero-order chi connectivity index (χ0) is 10.3. The first-order chi connectivity index (χ1) is 6.61. The number of benzene rings is 1. The smallest absolute Gasteiger partial charge is 0.167 e. The first-order valence-corrected chi connectivity index (χ1v) is 4.47. The number of rotatable bonds is 1. The molecule has 0 atom stereocenters. The third-order valence-corrected chi connectivity index (χ3v) is 2.33. The van der Waals surface area contributed by atoms with Crippen molar-refractivity contribution in [1.82, 2.24) is 10.2 Å². The van der Waals surface area contributed by atoms with E-state index in [1.54, 1.807) is 31.3 Å². The predicted octanol–water partition coefficient (Wildman–Crippen LogP) is 2.42. The van der Waals surface area contributed by atoms with Gasteiger partial charge in [-0.2, -0.15) is 5.10 Å². The highest BCUT2D eigenvalue weighted by molar-refractivity contribution is 6.32. The van der Waals surface area contributed by atoms with E-state index in [0.717, 1.165) is 5.39 Å². The molecular formula is C9H9ClFN3. The summed E-state index contributed by atoms with van der Waals surface area (Å²) in [4.78, 5) is 1.67. The van der Waals surface area contributed by atoms with Crippen LogP contribution < -0.4 is 4.90 Å². The van der Waals surface area contributed by atoms with Crippen LogP contribution in [-0.2, 0) is 0 Å². The van der Waals surface area contributed by atoms with Crippen molar-refractivity contribution in [2.75, 3.05) is 19.0 Å². The van der Waals surface area contributed by atoms with E-state index >= 15 is 0 Å². The second-order valence-corrected chi connectivity index (χ2v) is 3.66. The molecule has 74 valence electrons. The van der Waals surface area contributed by atoms with Crippen LogP contribution in [0.5, 0.6) is 0 Å². The molecule has 0 aliphatic carbocycles. The van der Waals surface area contributed by atoms with Gasteiger partial charge in [0.15, 0.2) is 5.82 Å². The number of aromatic nitrogens is 2. The molecule has 0 aliphatic heterocycles. The van der Waals surface area contributed by atoms with Gasteiger partial charge in [0.2, 0.25) is 0 Å². The number of halogens is 2. The maximum atomic E-state index is 13.6. The number of nitrogens with one attached hydrogen (secondary N) is 1. The molecule has 2 rings (SSSR count). The predicted molar refractivity (Wildman–Crippen MR) is 55.4 cm³/mol. The monoisotopic (exact) mass is 213 g/mol. The number of hydrogen-bond acceptors (Lipinski definition) is 2. The molecule has 0 unspecified atom stereocenters. The van der Waals surface area contributed by atoms with Gasteiger partial charge < -0.3 is 4.90 Å². The van der Waals surface area contributed by atoms with Gasteiger partial charge >= 0.3 is 0 Å². The maximum absolute atomic E-state index is 13.6. The first kappa shape index (κ1) is 9.27. The van der Waals surface area contributed by atoms with Gasteiger partial charge in [-0.05, 0) is 6.07 Å². The van der Waals surface area contributed by atoms with Gasteiger partial charge in [-0.25, -0.2) is 4.39 Å². The number of H-pyrrole nitrogens is 1. The molecule has 14 heavy (non-hydrogen) atoms. The number of aromatic amines is 1. The Morgan fingerprint density at radius 3 is 2.86 bits per heavy atom. The lowest BCUT2D eigenvalue weighted by molar-refractivity contribution is 0.628. The normalized spacial score (nSPS) is 10.9. The second kappa shape index (κ2) is 3.13. The minimum absolute atomic E-state index is 0.114. The second-order valence-electron chi connectivity index (χ2n) is 3.25. The summed E-state index contributed by atoms with van der Waals surface area (Å²) in [6.45, 7) is 0. The quantitative estimate of drug-likeness (QED) is 0.789. The minimum Gasteiger partial charge on any atom is -0.373 e. The van der Waals surface area contributed by atoms with Gasteiger partial charge in [0.25, 0.3) is 0 Å². The van der Waals surface area contributed by atoms with E-state index in [2.05, 4.69) is 10.2 Å². The molecule has 3 nitrogen and oxygen atoms in total. The average molecular weight is 214 g/mol. The molecule has 2 aromatic rings. The van der Waals surface area contributed by atoms with E-state index < -0.39 is 5.82 Å². The lowest BCUT2D eigenvalue weighted by Crippen LogP contribution is -2.11. The molecule has 0 fully saturated rings. The Morgan fingerprint density at radius 2 is 2.21 bits per heavy atom. The molecule has 0 saturated carbocycles. The molecule has 1 N–H and O–H groups in total. The Balaban J connectivity index is 2.86. The summed E-state index contributed by atoms with van der Waals surface area (Å²) in [5, 5.41) is 7.52. The van der Waals surface area contributed by atoms with Gasteiger partial charge in [0, 0.05) is 19.5 Å². The fraction of sp³-hybridized carbons (Fsp3) is 0.222. The van der Waals surface area contributed by atoms with Crippen molar-refractivity contribution in [3.05, 3.63) is 23.1 Å². The molecule has 0 bridgehead atoms. The Kier molecular flexibility index (Phi) is 2.07. The van der Waals surface area contributed by atoms with E-state index in [1.165, 1.54) is 0 Å². The van der Waals surface area contributed by atoms with Crippen molar-refractivity contribution in [2.24, 2.45) is 0 Å². The maximum Gasteiger partial charge on any atom is 0.167 e. The van der Waals surface area contributed by atoms with E-state index in [0.29, 0.717) is 11.2 Å². The summed E-state index contributed by atoms with van der Waals surface area (Å²) in [5.41, 5.74) is 1.10. The highest BCUT2D eigenvalue weighted by atomic mass is 35.5. The van der Waals surface area contributed by atoms with Crippen LogP contribution in [0.3, 0.4) is 0 Å². The van der Waals surface area contributed by atoms with Crippen LogP contribution in [0, 0.1) is 5.82 Å². The van der Waals surface area contributed by atoms with Crippen LogP contribution in [0.25, 0.3) is 10.9 Å². The largest absolute Gasteiger partial charge is 0.373 e. The first-order valence-electron chi connectivity index (χ1n) is 4.09. The van der Waals surface area contributed by atoms with Gasteiger partial charge in [0.1, 0.15) is 5.69 Å². The van der Waals surface area contributed by atoms with Crippen LogP contribution in [0.15, 0.2) is 12.3 Å². The fourth-order valence-corrected chi connectivity index (χ4v) is 1.64. The average Bonchev–Trinajstić information content (AvgIpc) is 2.52. The van der Waals surface area contributed by atoms with E-state index in [4.69, 9.17) is 11.6 Å². The Labute approximate surface area is 85.5 Å². The molecule has 1 heterocycles. The lowest BCUT2D eigenvalue weighted by Gasteiger charge is -2.14. The van der Waals surface area contributed by atoms with Crippen LogP contribution in [0.2, 0.25) is 5.02 Å². The molecule has 5 heteroatoms. The van der Waals surface area contributed by atoms with E-state index in [1.807, 2.05) is 0 Å². The van der Waals surface area contributed by atoms with Crippen molar-refractivity contribution < 1.29 is 4.39 Å². The number of anilines is 1. The van der Waals surface area contributed by atoms with Gasteiger partial charge in [-0.3, -0.25) is 5.10 Å². The molecule has 0 radical (unpaired) electrons. The number of hydrogen-bond donors (Lipinski definition) is 1. The number of nitrogens with zero attached hydrogens (tertiary/aromatic N) is 2. The van der Waals surface area contributed by atoms with Crippen molar-refractivity contribution in [1.29, 1.82) is 0 Å². The van der Waals surface area contributed by atoms with Crippen molar-refractivity contribution in [3.63, 3.8) is 0 Å². The molecule has 0 saturated heterocycles. The van der Waals surface area contributed by atoms with Gasteiger partial charge in [-0.15, -0.1) is 0 Å². The molecular weight excluding hydrogens is 205 g/mol. The summed E-state index contributed by atoms with van der Waals surface area (Å²) in [5.74, 6) is -0.423. The van der Waals surface area contributed by atoms with Crippen molar-refractivity contribution >= 4 is 28.2 Å². The minimum atomic E-state index is -0.423. The molecule has 0 amide bonds. The van der Waals surface area contributed by atoms with E-state index in [9.17, 15) is 4.39 Å². The zero-order valence-corrected chi connectivity index (χ0v) is 8.56. The Hall–Kier alpha value is -1.29. The molecule has 0 aliphatic rings. The fourth-order valence-electron chi connectivity index (χ4n) is 1.44. The lowest BCUT2D eigenvalue weighted by atomic mass is 10.2. The standard InChI is InChI=1S/C9H9ClFN3/c1-14(2)9-7(11)6(10)3-5-4-12-13-8(5)9/h3-4H,1-2H3,(H,12,13). The van der Waals surface area contributed by atoms with Crippen molar-refractivity contribution in [3.8, 4) is 0 Å². The summed E-state index contributed by atoms with van der Waals surface area (Å²) in [7, 11) is 3.52. The summed E-state index contributed by atoms with van der Waals surface area (Å²) in [6, 6.07) is 1.56. The van der Waals surface area contributed by atoms with Gasteiger partial charge in [0.05, 0.1) is 16.7 Å². The Morgan fingerprint density at radius 1 is 1.50 bits per heavy atom. The highest BCUT2D eigenvalue weighted by Crippen LogP contribution is 2.32. The van der Waals surface area contributed by atoms with Crippen LogP contribution >= 0.6 is 11.6 Å². The zero-order valence-electron chi connectivity index (χ0n) is 7.81. The van der Waals surface area contributed by atoms with Crippen molar-refractivity contribution in [2.45, 2.75) is 0 Å².